The molecule has 2 aromatic carbocycles. The van der Waals surface area contributed by atoms with Crippen LogP contribution in [0.4, 0.5) is 17.1 Å². The van der Waals surface area contributed by atoms with E-state index in [2.05, 4.69) is 22.2 Å². The summed E-state index contributed by atoms with van der Waals surface area (Å²) in [6.45, 7) is 3.44. The standard InChI is InChI=1S/C18H19ClN4O3/c1-21-8-10-22(11-9-21)15-6-7-17(23(25)26)16(12-15)18(24)20-14-4-2-13(19)3-5-14/h2-7,12H,8-11H2,1H3,(H,20,24). The van der Waals surface area contributed by atoms with Crippen molar-refractivity contribution in [1.82, 2.24) is 4.90 Å². The van der Waals surface area contributed by atoms with Gasteiger partial charge in [-0.15, -0.1) is 0 Å². The molecular formula is C18H19ClN4O3. The van der Waals surface area contributed by atoms with Gasteiger partial charge in [0.15, 0.2) is 0 Å². The number of benzene rings is 2. The topological polar surface area (TPSA) is 78.7 Å². The maximum Gasteiger partial charge on any atom is 0.282 e. The van der Waals surface area contributed by atoms with E-state index in [9.17, 15) is 14.9 Å². The number of carbonyl (C=O) groups excluding carboxylic acids is 1. The third kappa shape index (κ3) is 4.12. The molecule has 0 radical (unpaired) electrons. The summed E-state index contributed by atoms with van der Waals surface area (Å²) in [5.41, 5.74) is 1.17. The Labute approximate surface area is 156 Å². The van der Waals surface area contributed by atoms with Crippen LogP contribution in [0.3, 0.4) is 0 Å². The van der Waals surface area contributed by atoms with Gasteiger partial charge in [0.1, 0.15) is 5.56 Å². The molecule has 0 aromatic heterocycles. The lowest BCUT2D eigenvalue weighted by Crippen LogP contribution is -2.44. The summed E-state index contributed by atoms with van der Waals surface area (Å²) in [5, 5.41) is 14.6. The lowest BCUT2D eigenvalue weighted by atomic mass is 10.1. The number of hydrogen-bond acceptors (Lipinski definition) is 5. The van der Waals surface area contributed by atoms with Gasteiger partial charge < -0.3 is 15.1 Å². The molecule has 3 rings (SSSR count). The van der Waals surface area contributed by atoms with E-state index in [0.717, 1.165) is 31.9 Å². The van der Waals surface area contributed by atoms with Gasteiger partial charge in [-0.2, -0.15) is 0 Å². The number of nitrogens with zero attached hydrogens (tertiary/aromatic N) is 3. The van der Waals surface area contributed by atoms with E-state index in [1.807, 2.05) is 0 Å². The summed E-state index contributed by atoms with van der Waals surface area (Å²) in [4.78, 5) is 27.8. The lowest BCUT2D eigenvalue weighted by Gasteiger charge is -2.34. The second kappa shape index (κ2) is 7.72. The van der Waals surface area contributed by atoms with Gasteiger partial charge in [-0.1, -0.05) is 11.6 Å². The zero-order valence-corrected chi connectivity index (χ0v) is 15.1. The van der Waals surface area contributed by atoms with E-state index in [1.165, 1.54) is 6.07 Å². The first-order chi connectivity index (χ1) is 12.4. The van der Waals surface area contributed by atoms with Gasteiger partial charge in [0.2, 0.25) is 0 Å². The molecule has 1 aliphatic rings. The molecular weight excluding hydrogens is 356 g/mol. The van der Waals surface area contributed by atoms with Crippen molar-refractivity contribution in [3.05, 3.63) is 63.2 Å². The molecule has 26 heavy (non-hydrogen) atoms. The molecule has 2 aromatic rings. The van der Waals surface area contributed by atoms with Crippen LogP contribution in [-0.4, -0.2) is 49.0 Å². The maximum absolute atomic E-state index is 12.6. The number of nitro benzene ring substituents is 1. The van der Waals surface area contributed by atoms with Crippen molar-refractivity contribution in [3.63, 3.8) is 0 Å². The van der Waals surface area contributed by atoms with Gasteiger partial charge in [-0.05, 0) is 43.4 Å². The van der Waals surface area contributed by atoms with E-state index in [0.29, 0.717) is 10.7 Å². The number of piperazine rings is 1. The number of nitro groups is 1. The Kier molecular flexibility index (Phi) is 5.39. The van der Waals surface area contributed by atoms with Crippen LogP contribution in [0.25, 0.3) is 0 Å². The van der Waals surface area contributed by atoms with Crippen molar-refractivity contribution < 1.29 is 9.72 Å². The number of anilines is 2. The highest BCUT2D eigenvalue weighted by Gasteiger charge is 2.23. The van der Waals surface area contributed by atoms with E-state index in [-0.39, 0.29) is 11.3 Å². The highest BCUT2D eigenvalue weighted by molar-refractivity contribution is 6.30. The van der Waals surface area contributed by atoms with E-state index in [4.69, 9.17) is 11.6 Å². The Morgan fingerprint density at radius 2 is 1.77 bits per heavy atom. The summed E-state index contributed by atoms with van der Waals surface area (Å²) in [6, 6.07) is 11.3. The van der Waals surface area contributed by atoms with E-state index in [1.54, 1.807) is 36.4 Å². The van der Waals surface area contributed by atoms with Crippen LogP contribution in [0.15, 0.2) is 42.5 Å². The number of rotatable bonds is 4. The Bertz CT molecular complexity index is 818. The molecule has 1 N–H and O–H groups in total. The average Bonchev–Trinajstić information content (AvgIpc) is 2.63. The molecule has 0 unspecified atom stereocenters. The van der Waals surface area contributed by atoms with Crippen molar-refractivity contribution in [2.24, 2.45) is 0 Å². The SMILES string of the molecule is CN1CCN(c2ccc([N+](=O)[O-])c(C(=O)Nc3ccc(Cl)cc3)c2)CC1. The number of hydrogen-bond donors (Lipinski definition) is 1. The highest BCUT2D eigenvalue weighted by Crippen LogP contribution is 2.27. The number of likely N-dealkylation sites (N-methyl/N-ethyl adjacent to an activating group) is 1. The van der Waals surface area contributed by atoms with E-state index < -0.39 is 10.8 Å². The van der Waals surface area contributed by atoms with Crippen LogP contribution in [0.5, 0.6) is 0 Å². The minimum Gasteiger partial charge on any atom is -0.369 e. The Balaban J connectivity index is 1.87. The van der Waals surface area contributed by atoms with Gasteiger partial charge >= 0.3 is 0 Å². The van der Waals surface area contributed by atoms with Crippen molar-refractivity contribution >= 4 is 34.6 Å². The molecule has 0 aliphatic carbocycles. The third-order valence-corrected chi connectivity index (χ3v) is 4.64. The number of amides is 1. The second-order valence-electron chi connectivity index (χ2n) is 6.21. The molecule has 0 saturated carbocycles. The number of halogens is 1. The van der Waals surface area contributed by atoms with Gasteiger partial charge in [-0.25, -0.2) is 0 Å². The average molecular weight is 375 g/mol. The van der Waals surface area contributed by atoms with Crippen LogP contribution in [0.1, 0.15) is 10.4 Å². The van der Waals surface area contributed by atoms with Gasteiger partial charge in [0.25, 0.3) is 11.6 Å². The fourth-order valence-electron chi connectivity index (χ4n) is 2.86. The normalized spacial score (nSPS) is 14.9. The molecule has 0 atom stereocenters. The first-order valence-electron chi connectivity index (χ1n) is 8.23. The van der Waals surface area contributed by atoms with Crippen LogP contribution in [0.2, 0.25) is 5.02 Å². The van der Waals surface area contributed by atoms with Crippen molar-refractivity contribution in [3.8, 4) is 0 Å². The lowest BCUT2D eigenvalue weighted by molar-refractivity contribution is -0.385. The second-order valence-corrected chi connectivity index (χ2v) is 6.65. The molecule has 7 nitrogen and oxygen atoms in total. The minimum atomic E-state index is -0.537. The van der Waals surface area contributed by atoms with Gasteiger partial charge in [-0.3, -0.25) is 14.9 Å². The number of nitrogens with one attached hydrogen (secondary N) is 1. The maximum atomic E-state index is 12.6. The minimum absolute atomic E-state index is 0.0429. The van der Waals surface area contributed by atoms with Crippen LogP contribution >= 0.6 is 11.6 Å². The monoisotopic (exact) mass is 374 g/mol. The summed E-state index contributed by atoms with van der Waals surface area (Å²) >= 11 is 5.84. The van der Waals surface area contributed by atoms with Crippen molar-refractivity contribution in [2.45, 2.75) is 0 Å². The Morgan fingerprint density at radius 1 is 1.12 bits per heavy atom. The van der Waals surface area contributed by atoms with Crippen molar-refractivity contribution in [1.29, 1.82) is 0 Å². The summed E-state index contributed by atoms with van der Waals surface area (Å²) in [6.07, 6.45) is 0. The zero-order chi connectivity index (χ0) is 18.7. The van der Waals surface area contributed by atoms with Gasteiger partial charge in [0, 0.05) is 48.6 Å². The molecule has 0 bridgehead atoms. The zero-order valence-electron chi connectivity index (χ0n) is 14.3. The first-order valence-corrected chi connectivity index (χ1v) is 8.60. The smallest absolute Gasteiger partial charge is 0.282 e. The largest absolute Gasteiger partial charge is 0.369 e. The van der Waals surface area contributed by atoms with Crippen LogP contribution < -0.4 is 10.2 Å². The third-order valence-electron chi connectivity index (χ3n) is 4.39. The molecule has 1 saturated heterocycles. The molecule has 8 heteroatoms. The Hall–Kier alpha value is -2.64. The molecule has 0 spiro atoms. The first kappa shape index (κ1) is 18.2. The fraction of sp³-hybridized carbons (Fsp3) is 0.278. The predicted molar refractivity (Wildman–Crippen MR) is 102 cm³/mol. The fourth-order valence-corrected chi connectivity index (χ4v) is 2.98. The molecule has 1 heterocycles. The highest BCUT2D eigenvalue weighted by atomic mass is 35.5. The predicted octanol–water partition coefficient (Wildman–Crippen LogP) is 3.25. The van der Waals surface area contributed by atoms with Gasteiger partial charge in [0.05, 0.1) is 4.92 Å². The molecule has 136 valence electrons. The van der Waals surface area contributed by atoms with Crippen molar-refractivity contribution in [2.75, 3.05) is 43.4 Å². The number of carbonyl (C=O) groups is 1. The quantitative estimate of drug-likeness (QED) is 0.656. The van der Waals surface area contributed by atoms with Crippen LogP contribution in [-0.2, 0) is 0 Å². The molecule has 1 amide bonds. The summed E-state index contributed by atoms with van der Waals surface area (Å²) in [7, 11) is 2.05. The molecule has 1 aliphatic heterocycles. The van der Waals surface area contributed by atoms with Crippen LogP contribution in [0, 0.1) is 10.1 Å². The Morgan fingerprint density at radius 3 is 2.38 bits per heavy atom. The summed E-state index contributed by atoms with van der Waals surface area (Å²) in [5.74, 6) is -0.519. The van der Waals surface area contributed by atoms with E-state index >= 15 is 0 Å². The molecule has 1 fully saturated rings. The summed E-state index contributed by atoms with van der Waals surface area (Å²) < 4.78 is 0.